The van der Waals surface area contributed by atoms with Crippen LogP contribution >= 0.6 is 0 Å². The lowest BCUT2D eigenvalue weighted by Crippen LogP contribution is -2.42. The summed E-state index contributed by atoms with van der Waals surface area (Å²) in [7, 11) is 0. The van der Waals surface area contributed by atoms with Crippen molar-refractivity contribution in [3.8, 4) is 0 Å². The van der Waals surface area contributed by atoms with Gasteiger partial charge in [-0.15, -0.1) is 0 Å². The molecule has 0 aromatic heterocycles. The lowest BCUT2D eigenvalue weighted by atomic mass is 10.1. The lowest BCUT2D eigenvalue weighted by Gasteiger charge is -2.23. The number of benzene rings is 1. The number of carbonyl (C=O) groups excluding carboxylic acids is 1. The molecule has 0 saturated carbocycles. The first-order valence-corrected chi connectivity index (χ1v) is 6.96. The second-order valence-electron chi connectivity index (χ2n) is 4.89. The Kier molecular flexibility index (Phi) is 6.10. The molecule has 0 saturated heterocycles. The second-order valence-corrected chi connectivity index (χ2v) is 4.89. The number of carbonyl (C=O) groups is 1. The van der Waals surface area contributed by atoms with Crippen molar-refractivity contribution in [1.82, 2.24) is 10.2 Å². The Hall–Kier alpha value is -2.15. The number of likely N-dealkylation sites (N-methyl/N-ethyl adjacent to an activating group) is 1. The summed E-state index contributed by atoms with van der Waals surface area (Å²) in [5.41, 5.74) is 5.68. The molecule has 21 heavy (non-hydrogen) atoms. The minimum absolute atomic E-state index is 0.00797. The fourth-order valence-electron chi connectivity index (χ4n) is 2.11. The molecule has 0 aliphatic heterocycles. The number of nitrogens with zero attached hydrogens (tertiary/aromatic N) is 2. The van der Waals surface area contributed by atoms with Crippen molar-refractivity contribution in [2.24, 2.45) is 0 Å². The van der Waals surface area contributed by atoms with Gasteiger partial charge in [-0.2, -0.15) is 0 Å². The highest BCUT2D eigenvalue weighted by Gasteiger charge is 2.21. The molecule has 0 heterocycles. The van der Waals surface area contributed by atoms with Gasteiger partial charge in [0.15, 0.2) is 0 Å². The summed E-state index contributed by atoms with van der Waals surface area (Å²) in [6.45, 7) is 8.41. The molecule has 1 amide bonds. The van der Waals surface area contributed by atoms with Gasteiger partial charge in [0.25, 0.3) is 11.6 Å². The van der Waals surface area contributed by atoms with Crippen molar-refractivity contribution in [2.75, 3.05) is 25.4 Å². The van der Waals surface area contributed by atoms with Crippen LogP contribution in [0.4, 0.5) is 11.4 Å². The average molecular weight is 294 g/mol. The molecule has 1 unspecified atom stereocenters. The van der Waals surface area contributed by atoms with Crippen molar-refractivity contribution in [3.63, 3.8) is 0 Å². The summed E-state index contributed by atoms with van der Waals surface area (Å²) < 4.78 is 0. The third-order valence-electron chi connectivity index (χ3n) is 3.27. The number of amides is 1. The molecule has 0 radical (unpaired) electrons. The van der Waals surface area contributed by atoms with E-state index in [4.69, 9.17) is 5.73 Å². The topological polar surface area (TPSA) is 102 Å². The summed E-state index contributed by atoms with van der Waals surface area (Å²) in [6.07, 6.45) is 0. The molecule has 7 heteroatoms. The van der Waals surface area contributed by atoms with E-state index >= 15 is 0 Å². The van der Waals surface area contributed by atoms with E-state index in [0.717, 1.165) is 13.1 Å². The van der Waals surface area contributed by atoms with Gasteiger partial charge in [-0.3, -0.25) is 14.9 Å². The Morgan fingerprint density at radius 3 is 2.57 bits per heavy atom. The molecule has 3 N–H and O–H groups in total. The van der Waals surface area contributed by atoms with Crippen LogP contribution in [0.25, 0.3) is 0 Å². The highest BCUT2D eigenvalue weighted by Crippen LogP contribution is 2.21. The van der Waals surface area contributed by atoms with Gasteiger partial charge in [0.2, 0.25) is 0 Å². The summed E-state index contributed by atoms with van der Waals surface area (Å²) in [6, 6.07) is 3.88. The quantitative estimate of drug-likeness (QED) is 0.452. The van der Waals surface area contributed by atoms with Crippen LogP contribution in [0.3, 0.4) is 0 Å². The van der Waals surface area contributed by atoms with Gasteiger partial charge in [-0.1, -0.05) is 13.8 Å². The standard InChI is InChI=1S/C14H22N4O3/c1-4-17(5-2)9-10(3)16-14(19)12-8-11(15)6-7-13(12)18(20)21/h6-8,10H,4-5,9,15H2,1-3H3,(H,16,19). The molecule has 1 aromatic rings. The van der Waals surface area contributed by atoms with E-state index < -0.39 is 10.8 Å². The molecule has 1 rings (SSSR count). The van der Waals surface area contributed by atoms with E-state index in [0.29, 0.717) is 12.2 Å². The predicted octanol–water partition coefficient (Wildman–Crippen LogP) is 1.64. The minimum atomic E-state index is -0.580. The van der Waals surface area contributed by atoms with Crippen LogP contribution in [0, 0.1) is 10.1 Å². The van der Waals surface area contributed by atoms with E-state index in [1.165, 1.54) is 18.2 Å². The third kappa shape index (κ3) is 4.71. The van der Waals surface area contributed by atoms with Crippen LogP contribution in [0.15, 0.2) is 18.2 Å². The highest BCUT2D eigenvalue weighted by atomic mass is 16.6. The van der Waals surface area contributed by atoms with Crippen LogP contribution in [0.2, 0.25) is 0 Å². The molecule has 1 atom stereocenters. The summed E-state index contributed by atoms with van der Waals surface area (Å²) in [4.78, 5) is 24.8. The summed E-state index contributed by atoms with van der Waals surface area (Å²) in [5.74, 6) is -0.478. The Bertz CT molecular complexity index is 515. The zero-order valence-corrected chi connectivity index (χ0v) is 12.6. The summed E-state index contributed by atoms with van der Waals surface area (Å²) >= 11 is 0. The van der Waals surface area contributed by atoms with E-state index in [1.807, 2.05) is 20.8 Å². The number of nitrogens with one attached hydrogen (secondary N) is 1. The van der Waals surface area contributed by atoms with Crippen molar-refractivity contribution < 1.29 is 9.72 Å². The Morgan fingerprint density at radius 1 is 1.43 bits per heavy atom. The van der Waals surface area contributed by atoms with Crippen LogP contribution in [0.1, 0.15) is 31.1 Å². The van der Waals surface area contributed by atoms with Gasteiger partial charge in [-0.25, -0.2) is 0 Å². The molecule has 0 aliphatic rings. The first kappa shape index (κ1) is 16.9. The highest BCUT2D eigenvalue weighted by molar-refractivity contribution is 5.99. The van der Waals surface area contributed by atoms with Gasteiger partial charge in [0.1, 0.15) is 5.56 Å². The van der Waals surface area contributed by atoms with Gasteiger partial charge < -0.3 is 16.0 Å². The van der Waals surface area contributed by atoms with Crippen molar-refractivity contribution in [1.29, 1.82) is 0 Å². The molecule has 0 fully saturated rings. The van der Waals surface area contributed by atoms with E-state index in [9.17, 15) is 14.9 Å². The molecule has 1 aromatic carbocycles. The lowest BCUT2D eigenvalue weighted by molar-refractivity contribution is -0.385. The number of nitrogens with two attached hydrogens (primary N) is 1. The zero-order chi connectivity index (χ0) is 16.0. The molecule has 0 bridgehead atoms. The van der Waals surface area contributed by atoms with Crippen LogP contribution in [0.5, 0.6) is 0 Å². The third-order valence-corrected chi connectivity index (χ3v) is 3.27. The van der Waals surface area contributed by atoms with Crippen LogP contribution in [-0.2, 0) is 0 Å². The predicted molar refractivity (Wildman–Crippen MR) is 82.2 cm³/mol. The average Bonchev–Trinajstić information content (AvgIpc) is 2.44. The van der Waals surface area contributed by atoms with Gasteiger partial charge >= 0.3 is 0 Å². The van der Waals surface area contributed by atoms with E-state index in [2.05, 4.69) is 10.2 Å². The van der Waals surface area contributed by atoms with Gasteiger partial charge in [0.05, 0.1) is 4.92 Å². The van der Waals surface area contributed by atoms with Gasteiger partial charge in [0, 0.05) is 24.3 Å². The molecule has 7 nitrogen and oxygen atoms in total. The van der Waals surface area contributed by atoms with Crippen molar-refractivity contribution in [3.05, 3.63) is 33.9 Å². The second kappa shape index (κ2) is 7.58. The molecule has 0 spiro atoms. The largest absolute Gasteiger partial charge is 0.399 e. The molecular formula is C14H22N4O3. The smallest absolute Gasteiger partial charge is 0.282 e. The minimum Gasteiger partial charge on any atom is -0.399 e. The maximum atomic E-state index is 12.2. The number of hydrogen-bond donors (Lipinski definition) is 2. The summed E-state index contributed by atoms with van der Waals surface area (Å²) in [5, 5.41) is 13.7. The fourth-order valence-corrected chi connectivity index (χ4v) is 2.11. The van der Waals surface area contributed by atoms with E-state index in [1.54, 1.807) is 0 Å². The number of nitrogen functional groups attached to an aromatic ring is 1. The molecular weight excluding hydrogens is 272 g/mol. The Balaban J connectivity index is 2.84. The number of anilines is 1. The maximum Gasteiger partial charge on any atom is 0.282 e. The Labute approximate surface area is 124 Å². The van der Waals surface area contributed by atoms with Gasteiger partial charge in [-0.05, 0) is 32.1 Å². The number of rotatable bonds is 7. The fraction of sp³-hybridized carbons (Fsp3) is 0.500. The molecule has 116 valence electrons. The van der Waals surface area contributed by atoms with Crippen LogP contribution in [-0.4, -0.2) is 41.4 Å². The number of nitro benzene ring substituents is 1. The first-order valence-electron chi connectivity index (χ1n) is 6.96. The van der Waals surface area contributed by atoms with Crippen molar-refractivity contribution in [2.45, 2.75) is 26.8 Å². The first-order chi connectivity index (χ1) is 9.88. The zero-order valence-electron chi connectivity index (χ0n) is 12.6. The normalized spacial score (nSPS) is 12.2. The van der Waals surface area contributed by atoms with Crippen LogP contribution < -0.4 is 11.1 Å². The van der Waals surface area contributed by atoms with E-state index in [-0.39, 0.29) is 17.3 Å². The maximum absolute atomic E-state index is 12.2. The monoisotopic (exact) mass is 294 g/mol. The number of hydrogen-bond acceptors (Lipinski definition) is 5. The SMILES string of the molecule is CCN(CC)CC(C)NC(=O)c1cc(N)ccc1[N+](=O)[O-]. The number of nitro groups is 1. The van der Waals surface area contributed by atoms with Crippen molar-refractivity contribution >= 4 is 17.3 Å². The molecule has 0 aliphatic carbocycles. The Morgan fingerprint density at radius 2 is 2.05 bits per heavy atom.